The predicted molar refractivity (Wildman–Crippen MR) is 90.4 cm³/mol. The van der Waals surface area contributed by atoms with Crippen LogP contribution in [0.15, 0.2) is 22.3 Å². The Morgan fingerprint density at radius 2 is 1.76 bits per heavy atom. The average Bonchev–Trinajstić information content (AvgIpc) is 3.05. The van der Waals surface area contributed by atoms with Crippen LogP contribution in [0.2, 0.25) is 0 Å². The molecule has 3 rings (SSSR count). The lowest BCUT2D eigenvalue weighted by atomic mass is 10.3. The first-order valence-corrected chi connectivity index (χ1v) is 8.76. The zero-order chi connectivity index (χ0) is 18.2. The van der Waals surface area contributed by atoms with E-state index in [1.54, 1.807) is 6.07 Å². The summed E-state index contributed by atoms with van der Waals surface area (Å²) in [6.07, 6.45) is -4.41. The molecule has 0 aromatic carbocycles. The first kappa shape index (κ1) is 17.7. The fourth-order valence-corrected chi connectivity index (χ4v) is 3.51. The Balaban J connectivity index is 1.69. The fraction of sp³-hybridized carbons (Fsp3) is 0.533. The monoisotopic (exact) mass is 373 g/mol. The second-order valence-corrected chi connectivity index (χ2v) is 6.89. The highest BCUT2D eigenvalue weighted by Crippen LogP contribution is 2.33. The lowest BCUT2D eigenvalue weighted by molar-refractivity contribution is -0.140. The van der Waals surface area contributed by atoms with E-state index in [1.807, 2.05) is 23.6 Å². The van der Waals surface area contributed by atoms with E-state index in [-0.39, 0.29) is 11.6 Å². The van der Waals surface area contributed by atoms with E-state index < -0.39 is 11.9 Å². The summed E-state index contributed by atoms with van der Waals surface area (Å²) >= 11 is 1.00. The molecule has 0 aliphatic carbocycles. The number of piperazine rings is 1. The van der Waals surface area contributed by atoms with Crippen molar-refractivity contribution >= 4 is 22.3 Å². The maximum Gasteiger partial charge on any atom is 0.434 e. The SMILES string of the molecule is CC(C)n1nc(N2CCN(c3nc(C(F)(F)F)cs3)CC2)ccc1=O. The van der Waals surface area contributed by atoms with Gasteiger partial charge in [-0.25, -0.2) is 9.67 Å². The van der Waals surface area contributed by atoms with E-state index in [2.05, 4.69) is 10.1 Å². The molecule has 136 valence electrons. The fourth-order valence-electron chi connectivity index (χ4n) is 2.62. The molecule has 0 atom stereocenters. The quantitative estimate of drug-likeness (QED) is 0.828. The number of alkyl halides is 3. The van der Waals surface area contributed by atoms with Crippen molar-refractivity contribution in [2.24, 2.45) is 0 Å². The number of hydrogen-bond acceptors (Lipinski definition) is 6. The molecule has 0 saturated carbocycles. The summed E-state index contributed by atoms with van der Waals surface area (Å²) in [6.45, 7) is 6.07. The molecule has 0 unspecified atom stereocenters. The van der Waals surface area contributed by atoms with Crippen molar-refractivity contribution in [2.45, 2.75) is 26.1 Å². The van der Waals surface area contributed by atoms with Crippen molar-refractivity contribution in [3.05, 3.63) is 33.6 Å². The van der Waals surface area contributed by atoms with Gasteiger partial charge in [0, 0.05) is 37.6 Å². The largest absolute Gasteiger partial charge is 0.434 e. The van der Waals surface area contributed by atoms with Crippen molar-refractivity contribution < 1.29 is 13.2 Å². The summed E-state index contributed by atoms with van der Waals surface area (Å²) in [5, 5.41) is 5.80. The van der Waals surface area contributed by atoms with Gasteiger partial charge in [-0.15, -0.1) is 11.3 Å². The van der Waals surface area contributed by atoms with Gasteiger partial charge in [-0.2, -0.15) is 18.3 Å². The topological polar surface area (TPSA) is 54.3 Å². The van der Waals surface area contributed by atoms with Crippen molar-refractivity contribution in [1.82, 2.24) is 14.8 Å². The van der Waals surface area contributed by atoms with Crippen LogP contribution in [-0.4, -0.2) is 40.9 Å². The van der Waals surface area contributed by atoms with Gasteiger partial charge in [-0.1, -0.05) is 0 Å². The van der Waals surface area contributed by atoms with Crippen LogP contribution in [0.25, 0.3) is 0 Å². The lowest BCUT2D eigenvalue weighted by Crippen LogP contribution is -2.47. The standard InChI is InChI=1S/C15H18F3N5OS/c1-10(2)23-13(24)4-3-12(20-23)21-5-7-22(8-6-21)14-19-11(9-25-14)15(16,17)18/h3-4,9-10H,5-8H2,1-2H3. The van der Waals surface area contributed by atoms with Gasteiger partial charge in [0.25, 0.3) is 5.56 Å². The summed E-state index contributed by atoms with van der Waals surface area (Å²) in [4.78, 5) is 19.3. The van der Waals surface area contributed by atoms with E-state index in [4.69, 9.17) is 0 Å². The molecule has 0 radical (unpaired) electrons. The molecule has 1 saturated heterocycles. The molecule has 0 N–H and O–H groups in total. The summed E-state index contributed by atoms with van der Waals surface area (Å²) in [5.74, 6) is 0.697. The van der Waals surface area contributed by atoms with Crippen LogP contribution in [-0.2, 0) is 6.18 Å². The van der Waals surface area contributed by atoms with Gasteiger partial charge in [0.1, 0.15) is 5.82 Å². The molecular weight excluding hydrogens is 355 g/mol. The van der Waals surface area contributed by atoms with Crippen LogP contribution >= 0.6 is 11.3 Å². The molecular formula is C15H18F3N5OS. The van der Waals surface area contributed by atoms with Gasteiger partial charge < -0.3 is 9.80 Å². The van der Waals surface area contributed by atoms with Crippen LogP contribution in [0.1, 0.15) is 25.6 Å². The summed E-state index contributed by atoms with van der Waals surface area (Å²) < 4.78 is 39.4. The number of hydrogen-bond donors (Lipinski definition) is 0. The Labute approximate surface area is 146 Å². The molecule has 0 spiro atoms. The summed E-state index contributed by atoms with van der Waals surface area (Å²) in [6, 6.07) is 3.14. The third-order valence-corrected chi connectivity index (χ3v) is 4.86. The normalized spacial score (nSPS) is 15.9. The molecule has 0 amide bonds. The smallest absolute Gasteiger partial charge is 0.352 e. The van der Waals surface area contributed by atoms with Crippen LogP contribution in [0.4, 0.5) is 24.1 Å². The maximum absolute atomic E-state index is 12.7. The Morgan fingerprint density at radius 1 is 1.12 bits per heavy atom. The van der Waals surface area contributed by atoms with Crippen molar-refractivity contribution in [1.29, 1.82) is 0 Å². The van der Waals surface area contributed by atoms with Gasteiger partial charge in [0.05, 0.1) is 6.04 Å². The number of anilines is 2. The van der Waals surface area contributed by atoms with E-state index in [0.717, 1.165) is 16.7 Å². The number of halogens is 3. The zero-order valence-corrected chi connectivity index (χ0v) is 14.6. The molecule has 0 bridgehead atoms. The molecule has 3 heterocycles. The van der Waals surface area contributed by atoms with Crippen LogP contribution in [0.5, 0.6) is 0 Å². The van der Waals surface area contributed by atoms with Gasteiger partial charge >= 0.3 is 6.18 Å². The zero-order valence-electron chi connectivity index (χ0n) is 13.8. The van der Waals surface area contributed by atoms with Gasteiger partial charge in [-0.05, 0) is 19.9 Å². The van der Waals surface area contributed by atoms with E-state index in [1.165, 1.54) is 10.7 Å². The minimum atomic E-state index is -4.41. The molecule has 10 heteroatoms. The second-order valence-electron chi connectivity index (χ2n) is 6.06. The van der Waals surface area contributed by atoms with Gasteiger partial charge in [0.2, 0.25) is 0 Å². The maximum atomic E-state index is 12.7. The molecule has 2 aromatic rings. The minimum Gasteiger partial charge on any atom is -0.352 e. The third kappa shape index (κ3) is 3.78. The van der Waals surface area contributed by atoms with Crippen molar-refractivity contribution in [2.75, 3.05) is 36.0 Å². The highest BCUT2D eigenvalue weighted by atomic mass is 32.1. The third-order valence-electron chi connectivity index (χ3n) is 3.96. The van der Waals surface area contributed by atoms with E-state index in [0.29, 0.717) is 37.1 Å². The summed E-state index contributed by atoms with van der Waals surface area (Å²) in [7, 11) is 0. The molecule has 1 fully saturated rings. The Morgan fingerprint density at radius 3 is 2.32 bits per heavy atom. The van der Waals surface area contributed by atoms with Crippen LogP contribution in [0.3, 0.4) is 0 Å². The highest BCUT2D eigenvalue weighted by Gasteiger charge is 2.34. The van der Waals surface area contributed by atoms with Gasteiger partial charge in [-0.3, -0.25) is 4.79 Å². The van der Waals surface area contributed by atoms with E-state index in [9.17, 15) is 18.0 Å². The van der Waals surface area contributed by atoms with Gasteiger partial charge in [0.15, 0.2) is 10.8 Å². The number of rotatable bonds is 3. The van der Waals surface area contributed by atoms with Crippen molar-refractivity contribution in [3.8, 4) is 0 Å². The predicted octanol–water partition coefficient (Wildman–Crippen LogP) is 2.63. The highest BCUT2D eigenvalue weighted by molar-refractivity contribution is 7.13. The minimum absolute atomic E-state index is 0.0372. The molecule has 6 nitrogen and oxygen atoms in total. The Hall–Kier alpha value is -2.10. The average molecular weight is 373 g/mol. The second kappa shape index (κ2) is 6.66. The van der Waals surface area contributed by atoms with Crippen molar-refractivity contribution in [3.63, 3.8) is 0 Å². The number of nitrogens with zero attached hydrogens (tertiary/aromatic N) is 5. The lowest BCUT2D eigenvalue weighted by Gasteiger charge is -2.35. The first-order chi connectivity index (χ1) is 11.8. The first-order valence-electron chi connectivity index (χ1n) is 7.88. The number of aromatic nitrogens is 3. The molecule has 2 aromatic heterocycles. The molecule has 1 aliphatic heterocycles. The summed E-state index contributed by atoms with van der Waals surface area (Å²) in [5.41, 5.74) is -1.000. The van der Waals surface area contributed by atoms with Crippen LogP contribution < -0.4 is 15.4 Å². The molecule has 25 heavy (non-hydrogen) atoms. The Bertz CT molecular complexity index is 793. The number of thiazole rings is 1. The van der Waals surface area contributed by atoms with E-state index >= 15 is 0 Å². The van der Waals surface area contributed by atoms with Crippen LogP contribution in [0, 0.1) is 0 Å². The molecule has 1 aliphatic rings. The Kier molecular flexibility index (Phi) is 4.72.